The molecule has 0 spiro atoms. The highest BCUT2D eigenvalue weighted by molar-refractivity contribution is 14.1. The van der Waals surface area contributed by atoms with E-state index in [1.165, 1.54) is 20.3 Å². The molecule has 78 valence electrons. The molecule has 0 saturated heterocycles. The zero-order valence-corrected chi connectivity index (χ0v) is 10.8. The standard InChI is InChI=1S/C14H10IN/c15-14-10-11-6-4-5-9-13(11)16(14)12-7-2-1-3-8-12/h1-10H. The fourth-order valence-corrected chi connectivity index (χ4v) is 2.83. The molecule has 0 radical (unpaired) electrons. The quantitative estimate of drug-likeness (QED) is 0.592. The van der Waals surface area contributed by atoms with Crippen molar-refractivity contribution in [2.45, 2.75) is 0 Å². The lowest BCUT2D eigenvalue weighted by atomic mass is 10.2. The summed E-state index contributed by atoms with van der Waals surface area (Å²) < 4.78 is 3.51. The zero-order chi connectivity index (χ0) is 11.0. The van der Waals surface area contributed by atoms with Gasteiger partial charge in [-0.1, -0.05) is 36.4 Å². The molecule has 1 aromatic heterocycles. The summed E-state index contributed by atoms with van der Waals surface area (Å²) in [7, 11) is 0. The van der Waals surface area contributed by atoms with E-state index in [-0.39, 0.29) is 0 Å². The van der Waals surface area contributed by atoms with Crippen LogP contribution < -0.4 is 0 Å². The maximum absolute atomic E-state index is 2.38. The smallest absolute Gasteiger partial charge is 0.0855 e. The van der Waals surface area contributed by atoms with Crippen LogP contribution in [0.5, 0.6) is 0 Å². The monoisotopic (exact) mass is 319 g/mol. The van der Waals surface area contributed by atoms with Crippen molar-refractivity contribution in [3.63, 3.8) is 0 Å². The highest BCUT2D eigenvalue weighted by Crippen LogP contribution is 2.25. The van der Waals surface area contributed by atoms with Gasteiger partial charge >= 0.3 is 0 Å². The second-order valence-electron chi connectivity index (χ2n) is 3.70. The normalized spacial score (nSPS) is 10.8. The lowest BCUT2D eigenvalue weighted by molar-refractivity contribution is 1.09. The largest absolute Gasteiger partial charge is 0.304 e. The number of hydrogen-bond donors (Lipinski definition) is 0. The second-order valence-corrected chi connectivity index (χ2v) is 4.80. The molecule has 2 aromatic carbocycles. The summed E-state index contributed by atoms with van der Waals surface area (Å²) >= 11 is 2.38. The number of aromatic nitrogens is 1. The molecule has 3 rings (SSSR count). The van der Waals surface area contributed by atoms with E-state index >= 15 is 0 Å². The summed E-state index contributed by atoms with van der Waals surface area (Å²) in [5, 5.41) is 1.29. The molecular formula is C14H10IN. The number of nitrogens with zero attached hydrogens (tertiary/aromatic N) is 1. The van der Waals surface area contributed by atoms with Gasteiger partial charge in [0.15, 0.2) is 0 Å². The first-order valence-corrected chi connectivity index (χ1v) is 6.25. The van der Waals surface area contributed by atoms with Crippen molar-refractivity contribution in [2.24, 2.45) is 0 Å². The molecule has 1 heterocycles. The topological polar surface area (TPSA) is 4.93 Å². The Balaban J connectivity index is 2.35. The average molecular weight is 319 g/mol. The summed E-state index contributed by atoms with van der Waals surface area (Å²) in [5.74, 6) is 0. The molecule has 0 aliphatic carbocycles. The number of halogens is 1. The minimum absolute atomic E-state index is 1.22. The summed E-state index contributed by atoms with van der Waals surface area (Å²) in [6.07, 6.45) is 0. The van der Waals surface area contributed by atoms with E-state index < -0.39 is 0 Å². The van der Waals surface area contributed by atoms with Crippen LogP contribution in [-0.2, 0) is 0 Å². The predicted molar refractivity (Wildman–Crippen MR) is 76.0 cm³/mol. The van der Waals surface area contributed by atoms with Gasteiger partial charge in [0.2, 0.25) is 0 Å². The molecule has 0 unspecified atom stereocenters. The Labute approximate surface area is 108 Å². The van der Waals surface area contributed by atoms with E-state index in [9.17, 15) is 0 Å². The summed E-state index contributed by atoms with van der Waals surface area (Å²) in [6.45, 7) is 0. The maximum atomic E-state index is 2.38. The number of rotatable bonds is 1. The van der Waals surface area contributed by atoms with Crippen LogP contribution in [0.25, 0.3) is 16.6 Å². The summed E-state index contributed by atoms with van der Waals surface area (Å²) in [4.78, 5) is 0. The summed E-state index contributed by atoms with van der Waals surface area (Å²) in [6, 6.07) is 21.1. The van der Waals surface area contributed by atoms with Crippen molar-refractivity contribution >= 4 is 33.5 Å². The molecule has 0 bridgehead atoms. The van der Waals surface area contributed by atoms with E-state index in [1.54, 1.807) is 0 Å². The van der Waals surface area contributed by atoms with Gasteiger partial charge in [-0.25, -0.2) is 0 Å². The minimum atomic E-state index is 1.22. The Morgan fingerprint density at radius 2 is 1.50 bits per heavy atom. The van der Waals surface area contributed by atoms with E-state index in [4.69, 9.17) is 0 Å². The van der Waals surface area contributed by atoms with E-state index in [2.05, 4.69) is 81.8 Å². The third-order valence-corrected chi connectivity index (χ3v) is 3.47. The van der Waals surface area contributed by atoms with E-state index in [0.29, 0.717) is 0 Å². The van der Waals surface area contributed by atoms with Crippen LogP contribution in [0.15, 0.2) is 60.7 Å². The third-order valence-electron chi connectivity index (χ3n) is 2.68. The highest BCUT2D eigenvalue weighted by Gasteiger charge is 2.06. The van der Waals surface area contributed by atoms with Crippen LogP contribution in [0.3, 0.4) is 0 Å². The zero-order valence-electron chi connectivity index (χ0n) is 8.60. The molecule has 0 saturated carbocycles. The molecule has 1 nitrogen and oxygen atoms in total. The Morgan fingerprint density at radius 3 is 2.31 bits per heavy atom. The summed E-state index contributed by atoms with van der Waals surface area (Å²) in [5.41, 5.74) is 2.48. The van der Waals surface area contributed by atoms with Crippen molar-refractivity contribution in [3.05, 3.63) is 64.4 Å². The first kappa shape index (κ1) is 9.90. The molecular weight excluding hydrogens is 309 g/mol. The Hall–Kier alpha value is -1.29. The lowest BCUT2D eigenvalue weighted by Gasteiger charge is -2.06. The predicted octanol–water partition coefficient (Wildman–Crippen LogP) is 4.24. The lowest BCUT2D eigenvalue weighted by Crippen LogP contribution is -1.94. The van der Waals surface area contributed by atoms with Crippen LogP contribution in [0.2, 0.25) is 0 Å². The van der Waals surface area contributed by atoms with Gasteiger partial charge in [-0.15, -0.1) is 0 Å². The van der Waals surface area contributed by atoms with Crippen LogP contribution in [0.4, 0.5) is 0 Å². The van der Waals surface area contributed by atoms with Gasteiger partial charge in [0.05, 0.1) is 9.22 Å². The molecule has 0 aliphatic rings. The Kier molecular flexibility index (Phi) is 2.44. The van der Waals surface area contributed by atoms with Gasteiger partial charge in [-0.3, -0.25) is 0 Å². The van der Waals surface area contributed by atoms with Crippen LogP contribution >= 0.6 is 22.6 Å². The number of hydrogen-bond acceptors (Lipinski definition) is 0. The minimum Gasteiger partial charge on any atom is -0.304 e. The molecule has 3 aromatic rings. The molecule has 16 heavy (non-hydrogen) atoms. The van der Waals surface area contributed by atoms with Crippen molar-refractivity contribution < 1.29 is 0 Å². The number of benzene rings is 2. The second kappa shape index (κ2) is 3.94. The SMILES string of the molecule is Ic1cc2ccccc2n1-c1ccccc1. The number of fused-ring (bicyclic) bond motifs is 1. The van der Waals surface area contributed by atoms with Gasteiger partial charge in [-0.05, 0) is 46.9 Å². The molecule has 0 amide bonds. The van der Waals surface area contributed by atoms with E-state index in [0.717, 1.165) is 0 Å². The fourth-order valence-electron chi connectivity index (χ4n) is 1.96. The molecule has 0 aliphatic heterocycles. The van der Waals surface area contributed by atoms with Gasteiger partial charge < -0.3 is 4.57 Å². The first-order chi connectivity index (χ1) is 7.86. The van der Waals surface area contributed by atoms with Gasteiger partial charge in [0, 0.05) is 11.1 Å². The van der Waals surface area contributed by atoms with Gasteiger partial charge in [0.25, 0.3) is 0 Å². The number of para-hydroxylation sites is 2. The van der Waals surface area contributed by atoms with Crippen LogP contribution in [0.1, 0.15) is 0 Å². The Morgan fingerprint density at radius 1 is 0.812 bits per heavy atom. The fraction of sp³-hybridized carbons (Fsp3) is 0. The van der Waals surface area contributed by atoms with Crippen molar-refractivity contribution in [3.8, 4) is 5.69 Å². The van der Waals surface area contributed by atoms with Gasteiger partial charge in [0.1, 0.15) is 0 Å². The highest BCUT2D eigenvalue weighted by atomic mass is 127. The van der Waals surface area contributed by atoms with Crippen molar-refractivity contribution in [1.82, 2.24) is 4.57 Å². The first-order valence-electron chi connectivity index (χ1n) is 5.18. The van der Waals surface area contributed by atoms with Crippen molar-refractivity contribution in [2.75, 3.05) is 0 Å². The Bertz CT molecular complexity index is 626. The van der Waals surface area contributed by atoms with Crippen molar-refractivity contribution in [1.29, 1.82) is 0 Å². The van der Waals surface area contributed by atoms with Gasteiger partial charge in [-0.2, -0.15) is 0 Å². The molecule has 0 N–H and O–H groups in total. The maximum Gasteiger partial charge on any atom is 0.0855 e. The molecule has 0 atom stereocenters. The average Bonchev–Trinajstić information content (AvgIpc) is 2.66. The molecule has 0 fully saturated rings. The third kappa shape index (κ3) is 1.53. The van der Waals surface area contributed by atoms with Crippen LogP contribution in [0, 0.1) is 3.70 Å². The molecule has 2 heteroatoms. The van der Waals surface area contributed by atoms with Crippen LogP contribution in [-0.4, -0.2) is 4.57 Å². The van der Waals surface area contributed by atoms with E-state index in [1.807, 2.05) is 6.07 Å².